The molecule has 1 aliphatic rings. The summed E-state index contributed by atoms with van der Waals surface area (Å²) in [6.45, 7) is 2.78. The van der Waals surface area contributed by atoms with Crippen LogP contribution in [0.15, 0.2) is 24.3 Å². The number of rotatable bonds is 4. The van der Waals surface area contributed by atoms with Gasteiger partial charge in [0.15, 0.2) is 0 Å². The number of halogens is 1. The molecule has 1 aromatic rings. The number of carboxylic acids is 1. The van der Waals surface area contributed by atoms with Gasteiger partial charge in [-0.2, -0.15) is 0 Å². The van der Waals surface area contributed by atoms with Gasteiger partial charge in [0.2, 0.25) is 0 Å². The van der Waals surface area contributed by atoms with Crippen molar-refractivity contribution in [2.75, 3.05) is 6.54 Å². The van der Waals surface area contributed by atoms with E-state index in [1.54, 1.807) is 12.1 Å². The third-order valence-corrected chi connectivity index (χ3v) is 4.12. The highest BCUT2D eigenvalue weighted by atomic mass is 19.1. The van der Waals surface area contributed by atoms with E-state index in [4.69, 9.17) is 0 Å². The van der Waals surface area contributed by atoms with Crippen LogP contribution in [0.5, 0.6) is 0 Å². The molecule has 2 atom stereocenters. The minimum atomic E-state index is -0.757. The van der Waals surface area contributed by atoms with E-state index in [2.05, 4.69) is 0 Å². The monoisotopic (exact) mass is 279 g/mol. The van der Waals surface area contributed by atoms with E-state index >= 15 is 0 Å². The summed E-state index contributed by atoms with van der Waals surface area (Å²) in [5.41, 5.74) is 0.661. The summed E-state index contributed by atoms with van der Waals surface area (Å²) in [6.07, 6.45) is 4.30. The van der Waals surface area contributed by atoms with E-state index in [1.165, 1.54) is 6.07 Å². The molecule has 1 N–H and O–H groups in total. The molecule has 0 amide bonds. The van der Waals surface area contributed by atoms with Crippen molar-refractivity contribution >= 4 is 5.97 Å². The van der Waals surface area contributed by atoms with Crippen molar-refractivity contribution in [2.24, 2.45) is 0 Å². The number of hydrogen-bond donors (Lipinski definition) is 1. The number of carboxylic acid groups (broad SMARTS) is 1. The normalized spacial score (nSPS) is 22.2. The molecule has 0 bridgehead atoms. The molecule has 0 aromatic heterocycles. The van der Waals surface area contributed by atoms with Gasteiger partial charge in [0, 0.05) is 6.04 Å². The van der Waals surface area contributed by atoms with Crippen molar-refractivity contribution in [1.29, 1.82) is 0 Å². The first kappa shape index (κ1) is 15.0. The molecule has 1 heterocycles. The number of likely N-dealkylation sites (tertiary alicyclic amines) is 1. The van der Waals surface area contributed by atoms with E-state index in [-0.39, 0.29) is 11.9 Å². The maximum absolute atomic E-state index is 13.7. The molecule has 20 heavy (non-hydrogen) atoms. The van der Waals surface area contributed by atoms with Gasteiger partial charge in [-0.15, -0.1) is 0 Å². The Kier molecular flexibility index (Phi) is 5.12. The van der Waals surface area contributed by atoms with E-state index < -0.39 is 12.0 Å². The molecular formula is C16H22FNO2. The lowest BCUT2D eigenvalue weighted by Crippen LogP contribution is -2.46. The summed E-state index contributed by atoms with van der Waals surface area (Å²) in [5, 5.41) is 9.39. The van der Waals surface area contributed by atoms with Crippen LogP contribution in [-0.4, -0.2) is 34.6 Å². The minimum absolute atomic E-state index is 0.0334. The van der Waals surface area contributed by atoms with Gasteiger partial charge in [0.05, 0.1) is 0 Å². The number of aliphatic carboxylic acids is 1. The lowest BCUT2D eigenvalue weighted by Gasteiger charge is -2.32. The Labute approximate surface area is 119 Å². The van der Waals surface area contributed by atoms with Crippen molar-refractivity contribution in [3.63, 3.8) is 0 Å². The third-order valence-electron chi connectivity index (χ3n) is 4.12. The number of carbonyl (C=O) groups is 1. The highest BCUT2D eigenvalue weighted by molar-refractivity contribution is 5.73. The molecule has 2 rings (SSSR count). The SMILES string of the molecule is CC(Cc1ccccc1F)N1CCCCCC1C(=O)O. The summed E-state index contributed by atoms with van der Waals surface area (Å²) in [7, 11) is 0. The Balaban J connectivity index is 2.11. The van der Waals surface area contributed by atoms with Crippen LogP contribution < -0.4 is 0 Å². The second kappa shape index (κ2) is 6.84. The molecule has 0 aliphatic carbocycles. The molecule has 4 heteroatoms. The third kappa shape index (κ3) is 3.57. The second-order valence-corrected chi connectivity index (χ2v) is 5.59. The molecule has 1 aromatic carbocycles. The van der Waals surface area contributed by atoms with Crippen LogP contribution in [0, 0.1) is 5.82 Å². The average molecular weight is 279 g/mol. The Morgan fingerprint density at radius 3 is 2.85 bits per heavy atom. The maximum atomic E-state index is 13.7. The van der Waals surface area contributed by atoms with E-state index in [0.29, 0.717) is 18.4 Å². The Morgan fingerprint density at radius 2 is 2.15 bits per heavy atom. The first-order chi connectivity index (χ1) is 9.59. The molecule has 110 valence electrons. The van der Waals surface area contributed by atoms with Crippen LogP contribution in [0.25, 0.3) is 0 Å². The fourth-order valence-electron chi connectivity index (χ4n) is 3.02. The Morgan fingerprint density at radius 1 is 1.40 bits per heavy atom. The predicted molar refractivity (Wildman–Crippen MR) is 76.2 cm³/mol. The quantitative estimate of drug-likeness (QED) is 0.920. The summed E-state index contributed by atoms with van der Waals surface area (Å²) in [5.74, 6) is -0.965. The Bertz CT molecular complexity index is 464. The van der Waals surface area contributed by atoms with E-state index in [0.717, 1.165) is 25.8 Å². The van der Waals surface area contributed by atoms with Crippen molar-refractivity contribution in [2.45, 2.75) is 51.1 Å². The number of nitrogens with zero attached hydrogens (tertiary/aromatic N) is 1. The maximum Gasteiger partial charge on any atom is 0.320 e. The van der Waals surface area contributed by atoms with Crippen LogP contribution in [-0.2, 0) is 11.2 Å². The molecule has 1 aliphatic heterocycles. The van der Waals surface area contributed by atoms with Crippen molar-refractivity contribution in [3.8, 4) is 0 Å². The number of hydrogen-bond acceptors (Lipinski definition) is 2. The van der Waals surface area contributed by atoms with Crippen LogP contribution in [0.3, 0.4) is 0 Å². The zero-order valence-corrected chi connectivity index (χ0v) is 11.9. The average Bonchev–Trinajstić information content (AvgIpc) is 2.67. The van der Waals surface area contributed by atoms with Gasteiger partial charge >= 0.3 is 5.97 Å². The smallest absolute Gasteiger partial charge is 0.320 e. The van der Waals surface area contributed by atoms with Crippen LogP contribution >= 0.6 is 0 Å². The minimum Gasteiger partial charge on any atom is -0.480 e. The second-order valence-electron chi connectivity index (χ2n) is 5.59. The number of benzene rings is 1. The first-order valence-corrected chi connectivity index (χ1v) is 7.31. The summed E-state index contributed by atoms with van der Waals surface area (Å²) >= 11 is 0. The van der Waals surface area contributed by atoms with E-state index in [1.807, 2.05) is 17.9 Å². The van der Waals surface area contributed by atoms with Gasteiger partial charge in [-0.05, 0) is 44.4 Å². The highest BCUT2D eigenvalue weighted by Crippen LogP contribution is 2.22. The van der Waals surface area contributed by atoms with Gasteiger partial charge in [-0.25, -0.2) is 4.39 Å². The van der Waals surface area contributed by atoms with Gasteiger partial charge in [-0.1, -0.05) is 31.0 Å². The van der Waals surface area contributed by atoms with Crippen molar-refractivity contribution < 1.29 is 14.3 Å². The van der Waals surface area contributed by atoms with Crippen LogP contribution in [0.2, 0.25) is 0 Å². The van der Waals surface area contributed by atoms with Gasteiger partial charge in [0.25, 0.3) is 0 Å². The van der Waals surface area contributed by atoms with Crippen LogP contribution in [0.1, 0.15) is 38.2 Å². The standard InChI is InChI=1S/C16H22FNO2/c1-12(11-13-7-4-5-8-14(13)17)18-10-6-2-3-9-15(18)16(19)20/h4-5,7-8,12,15H,2-3,6,9-11H2,1H3,(H,19,20). The summed E-state index contributed by atoms with van der Waals surface area (Å²) in [6, 6.07) is 6.33. The molecule has 1 fully saturated rings. The first-order valence-electron chi connectivity index (χ1n) is 7.31. The molecule has 0 spiro atoms. The molecular weight excluding hydrogens is 257 g/mol. The van der Waals surface area contributed by atoms with Gasteiger partial charge in [0.1, 0.15) is 11.9 Å². The fraction of sp³-hybridized carbons (Fsp3) is 0.562. The van der Waals surface area contributed by atoms with E-state index in [9.17, 15) is 14.3 Å². The molecule has 0 radical (unpaired) electrons. The Hall–Kier alpha value is -1.42. The largest absolute Gasteiger partial charge is 0.480 e. The van der Waals surface area contributed by atoms with Gasteiger partial charge < -0.3 is 5.11 Å². The predicted octanol–water partition coefficient (Wildman–Crippen LogP) is 3.09. The highest BCUT2D eigenvalue weighted by Gasteiger charge is 2.30. The zero-order valence-electron chi connectivity index (χ0n) is 11.9. The van der Waals surface area contributed by atoms with Crippen LogP contribution in [0.4, 0.5) is 4.39 Å². The van der Waals surface area contributed by atoms with Gasteiger partial charge in [-0.3, -0.25) is 9.69 Å². The lowest BCUT2D eigenvalue weighted by atomic mass is 10.0. The van der Waals surface area contributed by atoms with Crippen molar-refractivity contribution in [1.82, 2.24) is 4.90 Å². The lowest BCUT2D eigenvalue weighted by molar-refractivity contribution is -0.144. The summed E-state index contributed by atoms with van der Waals surface area (Å²) < 4.78 is 13.7. The molecule has 3 nitrogen and oxygen atoms in total. The molecule has 2 unspecified atom stereocenters. The topological polar surface area (TPSA) is 40.5 Å². The summed E-state index contributed by atoms with van der Waals surface area (Å²) in [4.78, 5) is 13.5. The van der Waals surface area contributed by atoms with Crippen molar-refractivity contribution in [3.05, 3.63) is 35.6 Å². The fourth-order valence-corrected chi connectivity index (χ4v) is 3.02. The molecule has 1 saturated heterocycles. The zero-order chi connectivity index (χ0) is 14.5. The molecule has 0 saturated carbocycles.